The first-order valence-corrected chi connectivity index (χ1v) is 13.7. The molecule has 7 atom stereocenters. The average molecular weight is 523 g/mol. The van der Waals surface area contributed by atoms with Crippen molar-refractivity contribution in [1.82, 2.24) is 4.98 Å². The van der Waals surface area contributed by atoms with Gasteiger partial charge in [-0.15, -0.1) is 11.3 Å². The summed E-state index contributed by atoms with van der Waals surface area (Å²) in [4.78, 5) is 33.7. The fourth-order valence-electron chi connectivity index (χ4n) is 4.57. The topological polar surface area (TPSA) is 123 Å². The van der Waals surface area contributed by atoms with Crippen molar-refractivity contribution in [3.05, 3.63) is 21.7 Å². The number of aromatic nitrogens is 1. The van der Waals surface area contributed by atoms with E-state index >= 15 is 0 Å². The van der Waals surface area contributed by atoms with Gasteiger partial charge in [0.1, 0.15) is 5.78 Å². The molecular weight excluding hydrogens is 476 g/mol. The highest BCUT2D eigenvalue weighted by atomic mass is 32.1. The second kappa shape index (κ2) is 13.7. The van der Waals surface area contributed by atoms with Crippen LogP contribution in [-0.2, 0) is 19.1 Å². The zero-order valence-corrected chi connectivity index (χ0v) is 24.3. The van der Waals surface area contributed by atoms with E-state index in [1.54, 1.807) is 18.3 Å². The van der Waals surface area contributed by atoms with Gasteiger partial charge in [-0.25, -0.2) is 4.98 Å². The molecule has 2 heterocycles. The third-order valence-corrected chi connectivity index (χ3v) is 9.00. The van der Waals surface area contributed by atoms with Crippen molar-refractivity contribution in [3.8, 4) is 0 Å². The summed E-state index contributed by atoms with van der Waals surface area (Å²) in [7, 11) is 0. The molecule has 7 nitrogen and oxygen atoms in total. The Morgan fingerprint density at radius 1 is 1.33 bits per heavy atom. The number of aryl methyl sites for hydroxylation is 1. The summed E-state index contributed by atoms with van der Waals surface area (Å²) in [5, 5.41) is 13.1. The lowest BCUT2D eigenvalue weighted by molar-refractivity contribution is -0.191. The quantitative estimate of drug-likeness (QED) is 0.341. The molecule has 8 heteroatoms. The Morgan fingerprint density at radius 3 is 2.42 bits per heavy atom. The van der Waals surface area contributed by atoms with E-state index in [1.165, 1.54) is 0 Å². The van der Waals surface area contributed by atoms with E-state index in [1.807, 2.05) is 27.7 Å². The molecule has 1 aromatic heterocycles. The van der Waals surface area contributed by atoms with Crippen LogP contribution in [0.3, 0.4) is 0 Å². The van der Waals surface area contributed by atoms with Crippen molar-refractivity contribution >= 4 is 29.3 Å². The zero-order chi connectivity index (χ0) is 27.8. The van der Waals surface area contributed by atoms with Crippen molar-refractivity contribution in [1.29, 1.82) is 0 Å². The van der Waals surface area contributed by atoms with Crippen molar-refractivity contribution in [2.24, 2.45) is 28.9 Å². The number of aliphatic hydroxyl groups excluding tert-OH is 1. The third-order valence-electron chi connectivity index (χ3n) is 8.21. The Kier molecular flexibility index (Phi) is 12.3. The number of ketones is 1. The molecule has 204 valence electrons. The number of aliphatic hydroxyl groups is 1. The van der Waals surface area contributed by atoms with Crippen LogP contribution < -0.4 is 5.73 Å². The maximum absolute atomic E-state index is 12.9. The molecule has 0 radical (unpaired) electrons. The number of carbonyl (C=O) groups excluding carboxylic acids is 3. The van der Waals surface area contributed by atoms with Crippen LogP contribution in [-0.4, -0.2) is 45.9 Å². The number of hydrogen-bond donors (Lipinski definition) is 2. The van der Waals surface area contributed by atoms with Gasteiger partial charge in [0, 0.05) is 22.8 Å². The molecule has 0 amide bonds. The summed E-state index contributed by atoms with van der Waals surface area (Å²) in [5.74, 6) is 0.789. The Bertz CT molecular complexity index is 919. The number of Topliss-reactive ketones (excluding diaryl/α,β-unsaturated/α-hetero) is 1. The molecule has 3 N–H and O–H groups in total. The molecule has 36 heavy (non-hydrogen) atoms. The minimum absolute atomic E-state index is 0.0260. The molecule has 0 bridgehead atoms. The lowest BCUT2D eigenvalue weighted by atomic mass is 9.71. The van der Waals surface area contributed by atoms with Gasteiger partial charge in [0.05, 0.1) is 28.5 Å². The molecule has 1 aliphatic rings. The first-order valence-electron chi connectivity index (χ1n) is 12.9. The highest BCUT2D eigenvalue weighted by molar-refractivity contribution is 7.09. The molecule has 1 fully saturated rings. The predicted octanol–water partition coefficient (Wildman–Crippen LogP) is 5.20. The van der Waals surface area contributed by atoms with Gasteiger partial charge < -0.3 is 15.6 Å². The fraction of sp³-hybridized carbons (Fsp3) is 0.750. The second-order valence-electron chi connectivity index (χ2n) is 11.3. The summed E-state index contributed by atoms with van der Waals surface area (Å²) in [6.45, 7) is 18.1. The van der Waals surface area contributed by atoms with Gasteiger partial charge in [0.2, 0.25) is 0 Å². The molecular formula is C28H46N2O5S. The van der Waals surface area contributed by atoms with Gasteiger partial charge in [-0.2, -0.15) is 9.59 Å². The van der Waals surface area contributed by atoms with Crippen LogP contribution in [0.4, 0.5) is 0 Å². The van der Waals surface area contributed by atoms with Gasteiger partial charge in [0.25, 0.3) is 0 Å². The molecule has 0 aromatic carbocycles. The van der Waals surface area contributed by atoms with Crippen LogP contribution in [0.2, 0.25) is 0 Å². The van der Waals surface area contributed by atoms with Gasteiger partial charge in [-0.3, -0.25) is 4.79 Å². The number of nitrogens with two attached hydrogens (primary N) is 1. The standard InChI is InChI=1S/C27H46N2O3S.CO2/c1-16(18(3)19(4)25(31)26(7,8)20(5)30)11-10-12-27(9)24(32-27)14-23(28)17(2)13-22-15-33-21(6)29-22;2-1-3/h13,15-16,18-20,23-24,30H,10-12,14,28H2,1-9H3;/b17-13+;. The number of hydrogen-bond acceptors (Lipinski definition) is 8. The van der Waals surface area contributed by atoms with Crippen LogP contribution in [0.1, 0.15) is 91.8 Å². The van der Waals surface area contributed by atoms with Gasteiger partial charge in [-0.05, 0) is 58.4 Å². The van der Waals surface area contributed by atoms with E-state index in [2.05, 4.69) is 44.1 Å². The highest BCUT2D eigenvalue weighted by Crippen LogP contribution is 2.44. The Balaban J connectivity index is 0.00000205. The number of carbonyl (C=O) groups is 1. The van der Waals surface area contributed by atoms with Gasteiger partial charge >= 0.3 is 6.15 Å². The van der Waals surface area contributed by atoms with Crippen molar-refractivity contribution in [3.63, 3.8) is 0 Å². The maximum atomic E-state index is 12.9. The molecule has 1 aliphatic heterocycles. The van der Waals surface area contributed by atoms with Crippen LogP contribution in [0.5, 0.6) is 0 Å². The summed E-state index contributed by atoms with van der Waals surface area (Å²) < 4.78 is 6.08. The summed E-state index contributed by atoms with van der Waals surface area (Å²) in [6, 6.07) is -0.0260. The summed E-state index contributed by atoms with van der Waals surface area (Å²) in [5.41, 5.74) is 7.77. The van der Waals surface area contributed by atoms with Crippen LogP contribution >= 0.6 is 11.3 Å². The van der Waals surface area contributed by atoms with E-state index in [4.69, 9.17) is 20.1 Å². The van der Waals surface area contributed by atoms with E-state index in [9.17, 15) is 9.90 Å². The SMILES string of the molecule is C/C(=C\c1csc(C)n1)C(N)CC1OC1(C)CCCC(C)C(C)C(C)C(=O)C(C)(C)C(C)O.O=C=O. The van der Waals surface area contributed by atoms with Crippen molar-refractivity contribution < 1.29 is 24.2 Å². The number of thiazole rings is 1. The van der Waals surface area contributed by atoms with E-state index in [-0.39, 0.29) is 41.5 Å². The van der Waals surface area contributed by atoms with E-state index < -0.39 is 11.5 Å². The molecule has 0 saturated carbocycles. The maximum Gasteiger partial charge on any atom is 0.373 e. The number of rotatable bonds is 13. The van der Waals surface area contributed by atoms with Gasteiger partial charge in [-0.1, -0.05) is 53.0 Å². The summed E-state index contributed by atoms with van der Waals surface area (Å²) in [6.07, 6.45) is 5.86. The van der Waals surface area contributed by atoms with Crippen molar-refractivity contribution in [2.75, 3.05) is 0 Å². The lowest BCUT2D eigenvalue weighted by Gasteiger charge is -2.34. The average Bonchev–Trinajstić information content (AvgIpc) is 3.23. The van der Waals surface area contributed by atoms with E-state index in [0.717, 1.165) is 42.0 Å². The van der Waals surface area contributed by atoms with Crippen molar-refractivity contribution in [2.45, 2.75) is 112 Å². The Morgan fingerprint density at radius 2 is 1.92 bits per heavy atom. The largest absolute Gasteiger partial charge is 0.392 e. The van der Waals surface area contributed by atoms with Crippen LogP contribution in [0, 0.1) is 30.1 Å². The minimum Gasteiger partial charge on any atom is -0.392 e. The van der Waals surface area contributed by atoms with E-state index in [0.29, 0.717) is 5.92 Å². The Labute approximate surface area is 220 Å². The normalized spacial score (nSPS) is 24.0. The van der Waals surface area contributed by atoms with Crippen LogP contribution in [0.25, 0.3) is 6.08 Å². The third kappa shape index (κ3) is 9.00. The zero-order valence-electron chi connectivity index (χ0n) is 23.5. The molecule has 7 unspecified atom stereocenters. The second-order valence-corrected chi connectivity index (χ2v) is 12.4. The van der Waals surface area contributed by atoms with Crippen LogP contribution in [0.15, 0.2) is 11.0 Å². The molecule has 0 spiro atoms. The Hall–Kier alpha value is -1.70. The number of nitrogens with zero attached hydrogens (tertiary/aromatic N) is 1. The molecule has 0 aliphatic carbocycles. The summed E-state index contributed by atoms with van der Waals surface area (Å²) >= 11 is 1.65. The predicted molar refractivity (Wildman–Crippen MR) is 143 cm³/mol. The number of ether oxygens (including phenoxy) is 1. The minimum atomic E-state index is -0.709. The lowest BCUT2D eigenvalue weighted by Crippen LogP contribution is -2.41. The van der Waals surface area contributed by atoms with Gasteiger partial charge in [0.15, 0.2) is 0 Å². The first kappa shape index (κ1) is 32.3. The molecule has 1 saturated heterocycles. The first-order chi connectivity index (χ1) is 16.6. The number of epoxide rings is 1. The smallest absolute Gasteiger partial charge is 0.373 e. The monoisotopic (exact) mass is 522 g/mol. The molecule has 1 aromatic rings. The highest BCUT2D eigenvalue weighted by Gasteiger charge is 2.51. The molecule has 2 rings (SSSR count). The fourth-order valence-corrected chi connectivity index (χ4v) is 5.14.